The standard InChI is InChI=1S/C11H23N3O2/c1-9(2)5-7-14(10-3-4-10)8-6-11(15)16-13-12/h9-10,13H,3-8,12H2,1-2H3. The minimum Gasteiger partial charge on any atom is -0.356 e. The van der Waals surface area contributed by atoms with E-state index in [9.17, 15) is 4.79 Å². The highest BCUT2D eigenvalue weighted by Gasteiger charge is 2.28. The van der Waals surface area contributed by atoms with E-state index < -0.39 is 0 Å². The van der Waals surface area contributed by atoms with Crippen molar-refractivity contribution in [3.8, 4) is 0 Å². The van der Waals surface area contributed by atoms with Gasteiger partial charge in [0.1, 0.15) is 0 Å². The summed E-state index contributed by atoms with van der Waals surface area (Å²) in [4.78, 5) is 18.0. The Bertz CT molecular complexity index is 217. The molecule has 0 saturated heterocycles. The fourth-order valence-electron chi connectivity index (χ4n) is 1.69. The van der Waals surface area contributed by atoms with Gasteiger partial charge in [0.15, 0.2) is 0 Å². The highest BCUT2D eigenvalue weighted by Crippen LogP contribution is 2.27. The number of hydrazine groups is 1. The van der Waals surface area contributed by atoms with E-state index in [1.807, 2.05) is 5.59 Å². The van der Waals surface area contributed by atoms with Crippen molar-refractivity contribution in [3.05, 3.63) is 0 Å². The molecule has 1 rings (SSSR count). The van der Waals surface area contributed by atoms with Crippen molar-refractivity contribution >= 4 is 5.97 Å². The number of rotatable bonds is 8. The van der Waals surface area contributed by atoms with E-state index >= 15 is 0 Å². The van der Waals surface area contributed by atoms with Gasteiger partial charge in [0.2, 0.25) is 0 Å². The lowest BCUT2D eigenvalue weighted by Crippen LogP contribution is -2.32. The topological polar surface area (TPSA) is 67.6 Å². The molecule has 1 aliphatic carbocycles. The molecule has 0 amide bonds. The first-order chi connectivity index (χ1) is 7.63. The third kappa shape index (κ3) is 5.44. The SMILES string of the molecule is CC(C)CCN(CCC(=O)ONN)C1CC1. The lowest BCUT2D eigenvalue weighted by molar-refractivity contribution is -0.151. The fourth-order valence-corrected chi connectivity index (χ4v) is 1.69. The van der Waals surface area contributed by atoms with E-state index in [-0.39, 0.29) is 5.97 Å². The number of nitrogens with zero attached hydrogens (tertiary/aromatic N) is 1. The molecule has 0 bridgehead atoms. The Hall–Kier alpha value is -0.650. The zero-order valence-electron chi connectivity index (χ0n) is 10.2. The second-order valence-corrected chi connectivity index (χ2v) is 4.79. The predicted molar refractivity (Wildman–Crippen MR) is 62.1 cm³/mol. The molecule has 94 valence electrons. The van der Waals surface area contributed by atoms with Gasteiger partial charge in [0.25, 0.3) is 0 Å². The minimum absolute atomic E-state index is 0.294. The Morgan fingerprint density at radius 3 is 2.69 bits per heavy atom. The average molecular weight is 229 g/mol. The summed E-state index contributed by atoms with van der Waals surface area (Å²) in [5.74, 6) is 5.31. The van der Waals surface area contributed by atoms with Crippen molar-refractivity contribution in [2.24, 2.45) is 11.8 Å². The lowest BCUT2D eigenvalue weighted by Gasteiger charge is -2.22. The van der Waals surface area contributed by atoms with Crippen LogP contribution in [0.15, 0.2) is 0 Å². The highest BCUT2D eigenvalue weighted by atomic mass is 16.7. The number of carbonyl (C=O) groups excluding carboxylic acids is 1. The van der Waals surface area contributed by atoms with E-state index in [4.69, 9.17) is 5.84 Å². The van der Waals surface area contributed by atoms with Crippen LogP contribution in [0.5, 0.6) is 0 Å². The second-order valence-electron chi connectivity index (χ2n) is 4.79. The monoisotopic (exact) mass is 229 g/mol. The molecule has 0 atom stereocenters. The van der Waals surface area contributed by atoms with Crippen LogP contribution >= 0.6 is 0 Å². The lowest BCUT2D eigenvalue weighted by atomic mass is 10.1. The van der Waals surface area contributed by atoms with Crippen LogP contribution in [0, 0.1) is 5.92 Å². The van der Waals surface area contributed by atoms with Crippen LogP contribution in [0.4, 0.5) is 0 Å². The molecular formula is C11H23N3O2. The summed E-state index contributed by atoms with van der Waals surface area (Å²) in [7, 11) is 0. The normalized spacial score (nSPS) is 15.8. The number of nitrogens with one attached hydrogen (secondary N) is 1. The second kappa shape index (κ2) is 6.83. The highest BCUT2D eigenvalue weighted by molar-refractivity contribution is 5.69. The minimum atomic E-state index is -0.294. The molecule has 0 aliphatic heterocycles. The molecule has 16 heavy (non-hydrogen) atoms. The number of nitrogens with two attached hydrogens (primary N) is 1. The van der Waals surface area contributed by atoms with Gasteiger partial charge in [0, 0.05) is 12.6 Å². The molecule has 0 unspecified atom stereocenters. The van der Waals surface area contributed by atoms with E-state index in [2.05, 4.69) is 23.6 Å². The van der Waals surface area contributed by atoms with Gasteiger partial charge in [-0.3, -0.25) is 9.69 Å². The molecular weight excluding hydrogens is 206 g/mol. The Morgan fingerprint density at radius 1 is 1.50 bits per heavy atom. The summed E-state index contributed by atoms with van der Waals surface area (Å²) in [5.41, 5.74) is 1.92. The zero-order valence-corrected chi connectivity index (χ0v) is 10.2. The Morgan fingerprint density at radius 2 is 2.19 bits per heavy atom. The van der Waals surface area contributed by atoms with E-state index in [1.165, 1.54) is 19.3 Å². The van der Waals surface area contributed by atoms with Gasteiger partial charge >= 0.3 is 5.97 Å². The maximum Gasteiger partial charge on any atom is 0.327 e. The molecule has 1 fully saturated rings. The fraction of sp³-hybridized carbons (Fsp3) is 0.909. The summed E-state index contributed by atoms with van der Waals surface area (Å²) in [6, 6.07) is 0.692. The van der Waals surface area contributed by atoms with Crippen molar-refractivity contribution < 1.29 is 9.63 Å². The molecule has 3 N–H and O–H groups in total. The smallest absolute Gasteiger partial charge is 0.327 e. The van der Waals surface area contributed by atoms with Gasteiger partial charge in [-0.05, 0) is 31.7 Å². The molecule has 0 radical (unpaired) electrons. The van der Waals surface area contributed by atoms with Gasteiger partial charge in [0.05, 0.1) is 6.42 Å². The number of hydrogen-bond acceptors (Lipinski definition) is 5. The van der Waals surface area contributed by atoms with Crippen LogP contribution in [0.3, 0.4) is 0 Å². The molecule has 5 nitrogen and oxygen atoms in total. The summed E-state index contributed by atoms with van der Waals surface area (Å²) < 4.78 is 0. The molecule has 1 aliphatic rings. The summed E-state index contributed by atoms with van der Waals surface area (Å²) in [6.07, 6.45) is 4.12. The summed E-state index contributed by atoms with van der Waals surface area (Å²) in [6.45, 7) is 6.29. The first kappa shape index (κ1) is 13.4. The largest absolute Gasteiger partial charge is 0.356 e. The van der Waals surface area contributed by atoms with E-state index in [1.54, 1.807) is 0 Å². The van der Waals surface area contributed by atoms with E-state index in [0.717, 1.165) is 13.1 Å². The molecule has 5 heteroatoms. The number of carbonyl (C=O) groups is 1. The average Bonchev–Trinajstić information content (AvgIpc) is 3.01. The van der Waals surface area contributed by atoms with Crippen molar-refractivity contribution in [1.29, 1.82) is 0 Å². The molecule has 0 heterocycles. The molecule has 0 aromatic rings. The van der Waals surface area contributed by atoms with Gasteiger partial charge in [-0.2, -0.15) is 0 Å². The van der Waals surface area contributed by atoms with Crippen LogP contribution in [0.25, 0.3) is 0 Å². The van der Waals surface area contributed by atoms with Crippen molar-refractivity contribution in [1.82, 2.24) is 10.5 Å². The summed E-state index contributed by atoms with van der Waals surface area (Å²) >= 11 is 0. The van der Waals surface area contributed by atoms with Crippen LogP contribution in [0.2, 0.25) is 0 Å². The van der Waals surface area contributed by atoms with Gasteiger partial charge in [-0.25, -0.2) is 5.84 Å². The predicted octanol–water partition coefficient (Wildman–Crippen LogP) is 0.809. The summed E-state index contributed by atoms with van der Waals surface area (Å²) in [5, 5.41) is 0. The molecule has 1 saturated carbocycles. The quantitative estimate of drug-likeness (QED) is 0.476. The van der Waals surface area contributed by atoms with E-state index in [0.29, 0.717) is 18.4 Å². The third-order valence-electron chi connectivity index (χ3n) is 2.83. The van der Waals surface area contributed by atoms with Crippen LogP contribution in [0.1, 0.15) is 39.5 Å². The molecule has 0 aromatic heterocycles. The van der Waals surface area contributed by atoms with Gasteiger partial charge < -0.3 is 4.84 Å². The maximum absolute atomic E-state index is 11.1. The van der Waals surface area contributed by atoms with Gasteiger partial charge in [-0.15, -0.1) is 0 Å². The maximum atomic E-state index is 11.1. The first-order valence-corrected chi connectivity index (χ1v) is 6.02. The zero-order chi connectivity index (χ0) is 12.0. The van der Waals surface area contributed by atoms with Crippen molar-refractivity contribution in [2.45, 2.75) is 45.6 Å². The van der Waals surface area contributed by atoms with Gasteiger partial charge in [-0.1, -0.05) is 19.4 Å². The molecule has 0 spiro atoms. The third-order valence-corrected chi connectivity index (χ3v) is 2.83. The Kier molecular flexibility index (Phi) is 5.73. The Balaban J connectivity index is 2.20. The van der Waals surface area contributed by atoms with Crippen LogP contribution in [-0.4, -0.2) is 30.0 Å². The Labute approximate surface area is 97.2 Å². The van der Waals surface area contributed by atoms with Crippen LogP contribution < -0.4 is 11.4 Å². The number of hydrogen-bond donors (Lipinski definition) is 2. The van der Waals surface area contributed by atoms with Crippen LogP contribution in [-0.2, 0) is 9.63 Å². The first-order valence-electron chi connectivity index (χ1n) is 6.02. The molecule has 0 aromatic carbocycles. The van der Waals surface area contributed by atoms with Crippen molar-refractivity contribution in [2.75, 3.05) is 13.1 Å². The van der Waals surface area contributed by atoms with Crippen molar-refractivity contribution in [3.63, 3.8) is 0 Å².